The van der Waals surface area contributed by atoms with Gasteiger partial charge in [-0.1, -0.05) is 133 Å². The van der Waals surface area contributed by atoms with Gasteiger partial charge in [-0.3, -0.25) is 0 Å². The summed E-state index contributed by atoms with van der Waals surface area (Å²) in [5, 5.41) is 4.60. The van der Waals surface area contributed by atoms with E-state index in [1.807, 2.05) is 12.1 Å². The molecule has 10 aromatic rings. The van der Waals surface area contributed by atoms with Crippen molar-refractivity contribution in [1.82, 2.24) is 9.55 Å². The highest BCUT2D eigenvalue weighted by atomic mass is 16.3. The quantitative estimate of drug-likeness (QED) is 0.188. The van der Waals surface area contributed by atoms with Gasteiger partial charge in [-0.05, 0) is 70.8 Å². The van der Waals surface area contributed by atoms with Crippen LogP contribution in [0.5, 0.6) is 0 Å². The summed E-state index contributed by atoms with van der Waals surface area (Å²) in [6.45, 7) is 0. The van der Waals surface area contributed by atoms with Crippen LogP contribution >= 0.6 is 0 Å². The molecule has 50 heavy (non-hydrogen) atoms. The predicted molar refractivity (Wildman–Crippen MR) is 208 cm³/mol. The number of para-hydroxylation sites is 5. The van der Waals surface area contributed by atoms with Gasteiger partial charge in [-0.2, -0.15) is 0 Å². The van der Waals surface area contributed by atoms with Crippen molar-refractivity contribution in [3.8, 4) is 50.5 Å². The molecule has 3 nitrogen and oxygen atoms in total. The van der Waals surface area contributed by atoms with E-state index in [1.165, 1.54) is 27.4 Å². The zero-order valence-corrected chi connectivity index (χ0v) is 27.1. The van der Waals surface area contributed by atoms with E-state index in [0.717, 1.165) is 66.8 Å². The van der Waals surface area contributed by atoms with Crippen LogP contribution in [0.15, 0.2) is 186 Å². The SMILES string of the molecule is c1ccc(-c2cccc(-c3cc(-c4cccc5c4oc4ccccc45)nc(-c4cccc5c6ccccc6n(-c6ccccc6)c45)c3)c2)cc1. The Bertz CT molecular complexity index is 2860. The molecular weight excluding hydrogens is 609 g/mol. The van der Waals surface area contributed by atoms with Crippen LogP contribution in [-0.2, 0) is 0 Å². The number of aromatic nitrogens is 2. The smallest absolute Gasteiger partial charge is 0.144 e. The average Bonchev–Trinajstić information content (AvgIpc) is 3.75. The third kappa shape index (κ3) is 4.56. The van der Waals surface area contributed by atoms with Crippen LogP contribution in [0.1, 0.15) is 0 Å². The third-order valence-corrected chi connectivity index (χ3v) is 9.79. The highest BCUT2D eigenvalue weighted by Gasteiger charge is 2.20. The van der Waals surface area contributed by atoms with E-state index in [-0.39, 0.29) is 0 Å². The minimum Gasteiger partial charge on any atom is -0.455 e. The second-order valence-electron chi connectivity index (χ2n) is 12.7. The van der Waals surface area contributed by atoms with Gasteiger partial charge in [0.05, 0.1) is 22.4 Å². The topological polar surface area (TPSA) is 31.0 Å². The van der Waals surface area contributed by atoms with Gasteiger partial charge >= 0.3 is 0 Å². The molecule has 0 radical (unpaired) electrons. The van der Waals surface area contributed by atoms with E-state index >= 15 is 0 Å². The lowest BCUT2D eigenvalue weighted by Gasteiger charge is -2.14. The Labute approximate surface area is 289 Å². The van der Waals surface area contributed by atoms with Gasteiger partial charge in [0.1, 0.15) is 11.2 Å². The van der Waals surface area contributed by atoms with Crippen LogP contribution in [-0.4, -0.2) is 9.55 Å². The highest BCUT2D eigenvalue weighted by Crippen LogP contribution is 2.41. The molecule has 0 saturated carbocycles. The van der Waals surface area contributed by atoms with Crippen LogP contribution in [0, 0.1) is 0 Å². The Morgan fingerprint density at radius 3 is 1.80 bits per heavy atom. The van der Waals surface area contributed by atoms with Gasteiger partial charge in [0.15, 0.2) is 0 Å². The fourth-order valence-corrected chi connectivity index (χ4v) is 7.50. The van der Waals surface area contributed by atoms with E-state index in [2.05, 4.69) is 174 Å². The van der Waals surface area contributed by atoms with Crippen molar-refractivity contribution in [1.29, 1.82) is 0 Å². The molecule has 3 aromatic heterocycles. The summed E-state index contributed by atoms with van der Waals surface area (Å²) >= 11 is 0. The normalized spacial score (nSPS) is 11.6. The molecule has 10 rings (SSSR count). The number of hydrogen-bond donors (Lipinski definition) is 0. The van der Waals surface area contributed by atoms with Crippen LogP contribution in [0.2, 0.25) is 0 Å². The van der Waals surface area contributed by atoms with Gasteiger partial charge in [0.25, 0.3) is 0 Å². The van der Waals surface area contributed by atoms with Crippen molar-refractivity contribution in [3.05, 3.63) is 182 Å². The number of benzene rings is 7. The van der Waals surface area contributed by atoms with Gasteiger partial charge in [0, 0.05) is 38.4 Å². The van der Waals surface area contributed by atoms with E-state index in [4.69, 9.17) is 9.40 Å². The first-order chi connectivity index (χ1) is 24.8. The second kappa shape index (κ2) is 11.5. The van der Waals surface area contributed by atoms with E-state index in [9.17, 15) is 0 Å². The lowest BCUT2D eigenvalue weighted by molar-refractivity contribution is 0.670. The molecule has 0 aliphatic carbocycles. The van der Waals surface area contributed by atoms with Crippen molar-refractivity contribution >= 4 is 43.7 Å². The van der Waals surface area contributed by atoms with Crippen LogP contribution in [0.25, 0.3) is 94.2 Å². The predicted octanol–water partition coefficient (Wildman–Crippen LogP) is 12.7. The number of pyridine rings is 1. The van der Waals surface area contributed by atoms with Crippen LogP contribution < -0.4 is 0 Å². The molecule has 0 spiro atoms. The molecule has 0 unspecified atom stereocenters. The van der Waals surface area contributed by atoms with Gasteiger partial charge in [-0.25, -0.2) is 4.98 Å². The average molecular weight is 639 g/mol. The molecular formula is C47H30N2O. The third-order valence-electron chi connectivity index (χ3n) is 9.79. The van der Waals surface area contributed by atoms with Crippen LogP contribution in [0.3, 0.4) is 0 Å². The Morgan fingerprint density at radius 1 is 0.400 bits per heavy atom. The number of hydrogen-bond acceptors (Lipinski definition) is 2. The van der Waals surface area contributed by atoms with Gasteiger partial charge < -0.3 is 8.98 Å². The summed E-state index contributed by atoms with van der Waals surface area (Å²) in [4.78, 5) is 5.48. The molecule has 234 valence electrons. The summed E-state index contributed by atoms with van der Waals surface area (Å²) in [5.41, 5.74) is 13.5. The molecule has 0 N–H and O–H groups in total. The fourth-order valence-electron chi connectivity index (χ4n) is 7.50. The first kappa shape index (κ1) is 28.3. The summed E-state index contributed by atoms with van der Waals surface area (Å²) in [6, 6.07) is 64.3. The minimum atomic E-state index is 0.846. The molecule has 0 bridgehead atoms. The summed E-state index contributed by atoms with van der Waals surface area (Å²) in [6.07, 6.45) is 0. The molecule has 0 amide bonds. The lowest BCUT2D eigenvalue weighted by atomic mass is 9.96. The van der Waals surface area contributed by atoms with Crippen molar-refractivity contribution in [2.24, 2.45) is 0 Å². The monoisotopic (exact) mass is 638 g/mol. The lowest BCUT2D eigenvalue weighted by Crippen LogP contribution is -1.97. The van der Waals surface area contributed by atoms with E-state index in [0.29, 0.717) is 0 Å². The second-order valence-corrected chi connectivity index (χ2v) is 12.7. The van der Waals surface area contributed by atoms with Crippen LogP contribution in [0.4, 0.5) is 0 Å². The summed E-state index contributed by atoms with van der Waals surface area (Å²) < 4.78 is 8.93. The number of nitrogens with zero attached hydrogens (tertiary/aromatic N) is 2. The van der Waals surface area contributed by atoms with Gasteiger partial charge in [0.2, 0.25) is 0 Å². The maximum Gasteiger partial charge on any atom is 0.144 e. The fraction of sp³-hybridized carbons (Fsp3) is 0. The van der Waals surface area contributed by atoms with E-state index in [1.54, 1.807) is 0 Å². The number of rotatable bonds is 5. The minimum absolute atomic E-state index is 0.846. The maximum absolute atomic E-state index is 6.55. The molecule has 0 fully saturated rings. The largest absolute Gasteiger partial charge is 0.455 e. The van der Waals surface area contributed by atoms with Gasteiger partial charge in [-0.15, -0.1) is 0 Å². The Balaban J connectivity index is 1.27. The Morgan fingerprint density at radius 2 is 0.980 bits per heavy atom. The Hall–Kier alpha value is -6.71. The van der Waals surface area contributed by atoms with Crippen molar-refractivity contribution in [2.45, 2.75) is 0 Å². The first-order valence-electron chi connectivity index (χ1n) is 17.0. The Kier molecular flexibility index (Phi) is 6.49. The molecule has 0 aliphatic rings. The molecule has 0 aliphatic heterocycles. The highest BCUT2D eigenvalue weighted by molar-refractivity contribution is 6.14. The summed E-state index contributed by atoms with van der Waals surface area (Å²) in [7, 11) is 0. The van der Waals surface area contributed by atoms with Crippen molar-refractivity contribution < 1.29 is 4.42 Å². The zero-order valence-electron chi connectivity index (χ0n) is 27.1. The first-order valence-corrected chi connectivity index (χ1v) is 17.0. The zero-order chi connectivity index (χ0) is 33.0. The number of furan rings is 1. The standard InChI is InChI=1S/C47H30N2O/c1-3-14-31(15-4-1)32-16-11-17-33(28-32)34-29-42(48-43(30-34)41-25-13-23-39-37-21-8-10-27-45(37)50-47(39)41)40-24-12-22-38-36-20-7-9-26-44(36)49(46(38)40)35-18-5-2-6-19-35/h1-30H. The molecule has 7 aromatic carbocycles. The number of fused-ring (bicyclic) bond motifs is 6. The molecule has 0 atom stereocenters. The van der Waals surface area contributed by atoms with Crippen molar-refractivity contribution in [2.75, 3.05) is 0 Å². The van der Waals surface area contributed by atoms with E-state index < -0.39 is 0 Å². The van der Waals surface area contributed by atoms with Crippen molar-refractivity contribution in [3.63, 3.8) is 0 Å². The maximum atomic E-state index is 6.55. The molecule has 3 heteroatoms. The molecule has 3 heterocycles. The molecule has 0 saturated heterocycles. The summed E-state index contributed by atoms with van der Waals surface area (Å²) in [5.74, 6) is 0.